The summed E-state index contributed by atoms with van der Waals surface area (Å²) in [4.78, 5) is 20.5. The Labute approximate surface area is 190 Å². The second-order valence-corrected chi connectivity index (χ2v) is 7.64. The minimum Gasteiger partial charge on any atom is -0.405 e. The first-order valence-corrected chi connectivity index (χ1v) is 10.3. The number of carbonyl (C=O) groups is 1. The molecule has 0 spiro atoms. The molecule has 1 saturated heterocycles. The van der Waals surface area contributed by atoms with Crippen molar-refractivity contribution in [1.29, 1.82) is 0 Å². The largest absolute Gasteiger partial charge is 0.573 e. The van der Waals surface area contributed by atoms with Gasteiger partial charge in [0, 0.05) is 6.54 Å². The van der Waals surface area contributed by atoms with E-state index in [2.05, 4.69) is 25.1 Å². The van der Waals surface area contributed by atoms with E-state index in [1.165, 1.54) is 41.5 Å². The van der Waals surface area contributed by atoms with Gasteiger partial charge in [0.15, 0.2) is 0 Å². The van der Waals surface area contributed by atoms with E-state index in [-0.39, 0.29) is 23.2 Å². The molecular weight excluding hydrogens is 453 g/mol. The molecule has 0 radical (unpaired) electrons. The van der Waals surface area contributed by atoms with Crippen molar-refractivity contribution in [1.82, 2.24) is 30.0 Å². The van der Waals surface area contributed by atoms with Crippen LogP contribution in [0.5, 0.6) is 5.75 Å². The van der Waals surface area contributed by atoms with Crippen LogP contribution in [0, 0.1) is 6.92 Å². The Morgan fingerprint density at radius 1 is 1.15 bits per heavy atom. The summed E-state index contributed by atoms with van der Waals surface area (Å²) >= 11 is 0. The van der Waals surface area contributed by atoms with Crippen molar-refractivity contribution in [2.24, 2.45) is 0 Å². The average molecular weight is 470 g/mol. The SMILES string of the molecule is Cc1ccc(C(=O)N2CCC2c2nc(-c3ccccc3OC(F)(F)F)no2)c(-n2nccn2)c1. The highest BCUT2D eigenvalue weighted by Crippen LogP contribution is 2.37. The fourth-order valence-corrected chi connectivity index (χ4v) is 3.72. The number of halogens is 3. The Hall–Kier alpha value is -4.22. The molecular formula is C22H17F3N6O3. The maximum Gasteiger partial charge on any atom is 0.573 e. The van der Waals surface area contributed by atoms with Gasteiger partial charge in [0.05, 0.1) is 29.2 Å². The number of ether oxygens (including phenoxy) is 1. The lowest BCUT2D eigenvalue weighted by Gasteiger charge is -2.38. The van der Waals surface area contributed by atoms with E-state index < -0.39 is 18.2 Å². The van der Waals surface area contributed by atoms with Crippen molar-refractivity contribution in [3.63, 3.8) is 0 Å². The van der Waals surface area contributed by atoms with Gasteiger partial charge in [-0.25, -0.2) is 0 Å². The summed E-state index contributed by atoms with van der Waals surface area (Å²) in [6.45, 7) is 2.35. The summed E-state index contributed by atoms with van der Waals surface area (Å²) in [7, 11) is 0. The molecule has 0 aliphatic carbocycles. The van der Waals surface area contributed by atoms with Crippen molar-refractivity contribution in [2.45, 2.75) is 25.7 Å². The number of rotatable bonds is 5. The van der Waals surface area contributed by atoms with Crippen molar-refractivity contribution >= 4 is 5.91 Å². The monoisotopic (exact) mass is 470 g/mol. The summed E-state index contributed by atoms with van der Waals surface area (Å²) in [5.41, 5.74) is 1.89. The number of nitrogens with zero attached hydrogens (tertiary/aromatic N) is 6. The quantitative estimate of drug-likeness (QED) is 0.433. The molecule has 3 heterocycles. The molecule has 2 aromatic carbocycles. The molecule has 2 aromatic heterocycles. The van der Waals surface area contributed by atoms with Crippen LogP contribution in [0.2, 0.25) is 0 Å². The number of aryl methyl sites for hydroxylation is 1. The third-order valence-electron chi connectivity index (χ3n) is 5.38. The van der Waals surface area contributed by atoms with Gasteiger partial charge in [0.25, 0.3) is 5.91 Å². The van der Waals surface area contributed by atoms with Gasteiger partial charge in [-0.05, 0) is 43.2 Å². The van der Waals surface area contributed by atoms with E-state index in [4.69, 9.17) is 4.52 Å². The molecule has 1 aliphatic rings. The lowest BCUT2D eigenvalue weighted by molar-refractivity contribution is -0.274. The Morgan fingerprint density at radius 3 is 2.62 bits per heavy atom. The highest BCUT2D eigenvalue weighted by Gasteiger charge is 2.39. The molecule has 1 aliphatic heterocycles. The minimum atomic E-state index is -4.87. The Bertz CT molecular complexity index is 1340. The second-order valence-electron chi connectivity index (χ2n) is 7.64. The maximum atomic E-state index is 13.3. The molecule has 5 rings (SSSR count). The smallest absolute Gasteiger partial charge is 0.405 e. The standard InChI is InChI=1S/C22H17F3N6O3/c1-13-6-7-14(17(12-13)31-26-9-10-27-31)21(32)30-11-8-16(30)20-28-19(29-34-20)15-4-2-3-5-18(15)33-22(23,24)25/h2-7,9-10,12,16H,8,11H2,1H3. The van der Waals surface area contributed by atoms with Gasteiger partial charge < -0.3 is 14.2 Å². The number of hydrogen-bond donors (Lipinski definition) is 0. The van der Waals surface area contributed by atoms with Crippen LogP contribution in [0.15, 0.2) is 59.4 Å². The summed E-state index contributed by atoms with van der Waals surface area (Å²) < 4.78 is 47.7. The van der Waals surface area contributed by atoms with E-state index in [1.54, 1.807) is 11.0 Å². The van der Waals surface area contributed by atoms with Gasteiger partial charge in [-0.15, -0.1) is 13.2 Å². The number of alkyl halides is 3. The molecule has 0 saturated carbocycles. The second kappa shape index (κ2) is 8.28. The third-order valence-corrected chi connectivity index (χ3v) is 5.38. The molecule has 1 unspecified atom stereocenters. The highest BCUT2D eigenvalue weighted by molar-refractivity contribution is 5.98. The molecule has 1 fully saturated rings. The predicted molar refractivity (Wildman–Crippen MR) is 111 cm³/mol. The molecule has 0 N–H and O–H groups in total. The van der Waals surface area contributed by atoms with E-state index in [0.29, 0.717) is 24.2 Å². The first-order chi connectivity index (χ1) is 16.3. The summed E-state index contributed by atoms with van der Waals surface area (Å²) in [6, 6.07) is 10.3. The zero-order chi connectivity index (χ0) is 23.9. The maximum absolute atomic E-state index is 13.3. The van der Waals surface area contributed by atoms with E-state index in [1.807, 2.05) is 19.1 Å². The summed E-state index contributed by atoms with van der Waals surface area (Å²) in [5, 5.41) is 12.1. The fraction of sp³-hybridized carbons (Fsp3) is 0.227. The van der Waals surface area contributed by atoms with Crippen LogP contribution in [0.4, 0.5) is 13.2 Å². The molecule has 1 atom stereocenters. The first-order valence-electron chi connectivity index (χ1n) is 10.3. The van der Waals surface area contributed by atoms with Crippen LogP contribution < -0.4 is 4.74 Å². The van der Waals surface area contributed by atoms with E-state index in [0.717, 1.165) is 5.56 Å². The number of hydrogen-bond acceptors (Lipinski definition) is 7. The van der Waals surface area contributed by atoms with Crippen molar-refractivity contribution < 1.29 is 27.2 Å². The van der Waals surface area contributed by atoms with Crippen molar-refractivity contribution in [3.8, 4) is 22.8 Å². The average Bonchev–Trinajstić information content (AvgIpc) is 3.45. The molecule has 9 nitrogen and oxygen atoms in total. The number of likely N-dealkylation sites (tertiary alicyclic amines) is 1. The fourth-order valence-electron chi connectivity index (χ4n) is 3.72. The Kier molecular flexibility index (Phi) is 5.27. The Balaban J connectivity index is 1.41. The third kappa shape index (κ3) is 4.09. The molecule has 174 valence electrons. The van der Waals surface area contributed by atoms with Crippen LogP contribution in [0.1, 0.15) is 34.3 Å². The lowest BCUT2D eigenvalue weighted by Crippen LogP contribution is -2.45. The molecule has 4 aromatic rings. The summed E-state index contributed by atoms with van der Waals surface area (Å²) in [5.74, 6) is -0.655. The zero-order valence-electron chi connectivity index (χ0n) is 17.7. The summed E-state index contributed by atoms with van der Waals surface area (Å²) in [6.07, 6.45) is -1.27. The molecule has 34 heavy (non-hydrogen) atoms. The van der Waals surface area contributed by atoms with Crippen LogP contribution in [-0.2, 0) is 0 Å². The number of benzene rings is 2. The van der Waals surface area contributed by atoms with Gasteiger partial charge in [-0.3, -0.25) is 4.79 Å². The van der Waals surface area contributed by atoms with Gasteiger partial charge in [0.1, 0.15) is 11.8 Å². The van der Waals surface area contributed by atoms with Crippen molar-refractivity contribution in [2.75, 3.05) is 6.54 Å². The topological polar surface area (TPSA) is 99.2 Å². The number of aromatic nitrogens is 5. The van der Waals surface area contributed by atoms with Crippen LogP contribution in [0.3, 0.4) is 0 Å². The minimum absolute atomic E-state index is 0.0256. The molecule has 0 bridgehead atoms. The zero-order valence-corrected chi connectivity index (χ0v) is 17.7. The molecule has 12 heteroatoms. The van der Waals surface area contributed by atoms with Gasteiger partial charge in [-0.1, -0.05) is 23.4 Å². The van der Waals surface area contributed by atoms with Gasteiger partial charge in [0.2, 0.25) is 11.7 Å². The number of para-hydroxylation sites is 1. The van der Waals surface area contributed by atoms with Crippen LogP contribution in [-0.4, -0.2) is 48.8 Å². The molecule has 1 amide bonds. The lowest BCUT2D eigenvalue weighted by atomic mass is 9.99. The normalized spacial score (nSPS) is 15.8. The van der Waals surface area contributed by atoms with Crippen LogP contribution in [0.25, 0.3) is 17.1 Å². The van der Waals surface area contributed by atoms with Crippen molar-refractivity contribution in [3.05, 3.63) is 71.9 Å². The highest BCUT2D eigenvalue weighted by atomic mass is 19.4. The van der Waals surface area contributed by atoms with E-state index >= 15 is 0 Å². The van der Waals surface area contributed by atoms with Gasteiger partial charge >= 0.3 is 6.36 Å². The number of carbonyl (C=O) groups excluding carboxylic acids is 1. The van der Waals surface area contributed by atoms with Crippen LogP contribution >= 0.6 is 0 Å². The van der Waals surface area contributed by atoms with Gasteiger partial charge in [-0.2, -0.15) is 20.0 Å². The number of amides is 1. The Morgan fingerprint density at radius 2 is 1.91 bits per heavy atom. The predicted octanol–water partition coefficient (Wildman–Crippen LogP) is 4.11. The van der Waals surface area contributed by atoms with E-state index in [9.17, 15) is 18.0 Å². The first kappa shape index (κ1) is 21.6.